The summed E-state index contributed by atoms with van der Waals surface area (Å²) in [5.41, 5.74) is 3.14. The van der Waals surface area contributed by atoms with Crippen LogP contribution in [0.2, 0.25) is 19.6 Å². The highest BCUT2D eigenvalue weighted by molar-refractivity contribution is 6.78. The zero-order valence-electron chi connectivity index (χ0n) is 16.8. The molecule has 4 rings (SSSR count). The number of hydrogen-bond donors (Lipinski definition) is 0. The Labute approximate surface area is 169 Å². The zero-order chi connectivity index (χ0) is 19.6. The predicted octanol–water partition coefficient (Wildman–Crippen LogP) is 5.64. The number of rotatable bonds is 7. The van der Waals surface area contributed by atoms with Crippen molar-refractivity contribution in [3.05, 3.63) is 108 Å². The molecule has 0 aromatic heterocycles. The lowest BCUT2D eigenvalue weighted by molar-refractivity contribution is 0.00429. The highest BCUT2D eigenvalue weighted by atomic mass is 28.3. The molecular formula is C25H28O2Si. The first-order chi connectivity index (χ1) is 13.5. The van der Waals surface area contributed by atoms with E-state index in [-0.39, 0.29) is 6.10 Å². The molecule has 1 saturated heterocycles. The van der Waals surface area contributed by atoms with Crippen molar-refractivity contribution in [2.45, 2.75) is 37.1 Å². The Morgan fingerprint density at radius 1 is 0.714 bits per heavy atom. The summed E-state index contributed by atoms with van der Waals surface area (Å²) >= 11 is 0. The molecule has 2 nitrogen and oxygen atoms in total. The smallest absolute Gasteiger partial charge is 0.143 e. The van der Waals surface area contributed by atoms with Gasteiger partial charge in [-0.25, -0.2) is 0 Å². The maximum Gasteiger partial charge on any atom is 0.143 e. The van der Waals surface area contributed by atoms with Gasteiger partial charge in [0.1, 0.15) is 11.7 Å². The molecule has 0 radical (unpaired) electrons. The molecule has 3 aromatic carbocycles. The molecule has 1 heterocycles. The summed E-state index contributed by atoms with van der Waals surface area (Å²) in [6.45, 7) is 7.66. The van der Waals surface area contributed by atoms with Crippen molar-refractivity contribution in [1.29, 1.82) is 0 Å². The van der Waals surface area contributed by atoms with Crippen LogP contribution in [0.1, 0.15) is 16.7 Å². The van der Waals surface area contributed by atoms with E-state index in [9.17, 15) is 0 Å². The first-order valence-electron chi connectivity index (χ1n) is 9.98. The maximum absolute atomic E-state index is 6.83. The second-order valence-electron chi connectivity index (χ2n) is 8.55. The highest BCUT2D eigenvalue weighted by Crippen LogP contribution is 2.42. The van der Waals surface area contributed by atoms with E-state index in [4.69, 9.17) is 9.47 Å². The van der Waals surface area contributed by atoms with Gasteiger partial charge in [0.2, 0.25) is 0 Å². The number of ether oxygens (including phenoxy) is 2. The predicted molar refractivity (Wildman–Crippen MR) is 117 cm³/mol. The van der Waals surface area contributed by atoms with Crippen LogP contribution in [0.4, 0.5) is 0 Å². The highest BCUT2D eigenvalue weighted by Gasteiger charge is 2.50. The van der Waals surface area contributed by atoms with E-state index in [0.717, 1.165) is 16.7 Å². The molecule has 1 aliphatic rings. The van der Waals surface area contributed by atoms with Crippen LogP contribution in [0, 0.1) is 0 Å². The van der Waals surface area contributed by atoms with E-state index in [2.05, 4.69) is 111 Å². The van der Waals surface area contributed by atoms with Gasteiger partial charge in [-0.05, 0) is 16.7 Å². The van der Waals surface area contributed by atoms with Crippen molar-refractivity contribution in [2.24, 2.45) is 0 Å². The Hall–Kier alpha value is -2.20. The monoisotopic (exact) mass is 388 g/mol. The summed E-state index contributed by atoms with van der Waals surface area (Å²) < 4.78 is 12.9. The molecule has 0 amide bonds. The Kier molecular flexibility index (Phi) is 5.24. The van der Waals surface area contributed by atoms with Gasteiger partial charge in [-0.1, -0.05) is 111 Å². The molecule has 3 aromatic rings. The minimum absolute atomic E-state index is 0.196. The SMILES string of the molecule is C[Si](C)(C)[C@@H]1OC1COC(c1ccccc1)(c1ccccc1)c1ccccc1. The summed E-state index contributed by atoms with van der Waals surface area (Å²) in [4.78, 5) is 0. The second-order valence-corrected chi connectivity index (χ2v) is 13.9. The Bertz CT molecular complexity index is 791. The molecular weight excluding hydrogens is 360 g/mol. The van der Waals surface area contributed by atoms with E-state index in [1.54, 1.807) is 0 Å². The summed E-state index contributed by atoms with van der Waals surface area (Å²) in [7, 11) is -1.32. The van der Waals surface area contributed by atoms with Crippen molar-refractivity contribution in [2.75, 3.05) is 6.61 Å². The van der Waals surface area contributed by atoms with Gasteiger partial charge in [0, 0.05) is 0 Å². The van der Waals surface area contributed by atoms with Gasteiger partial charge < -0.3 is 9.47 Å². The molecule has 0 spiro atoms. The van der Waals surface area contributed by atoms with Crippen molar-refractivity contribution in [3.63, 3.8) is 0 Å². The molecule has 1 fully saturated rings. The minimum Gasteiger partial charge on any atom is -0.371 e. The minimum atomic E-state index is -1.32. The van der Waals surface area contributed by atoms with Gasteiger partial charge in [-0.2, -0.15) is 0 Å². The van der Waals surface area contributed by atoms with Crippen molar-refractivity contribution in [1.82, 2.24) is 0 Å². The van der Waals surface area contributed by atoms with Crippen molar-refractivity contribution >= 4 is 8.07 Å². The van der Waals surface area contributed by atoms with Crippen molar-refractivity contribution < 1.29 is 9.47 Å². The van der Waals surface area contributed by atoms with E-state index in [1.807, 2.05) is 0 Å². The summed E-state index contributed by atoms with van der Waals surface area (Å²) in [6, 6.07) is 31.6. The Morgan fingerprint density at radius 2 is 1.11 bits per heavy atom. The molecule has 1 aliphatic heterocycles. The molecule has 0 aliphatic carbocycles. The fraction of sp³-hybridized carbons (Fsp3) is 0.280. The maximum atomic E-state index is 6.83. The van der Waals surface area contributed by atoms with Gasteiger partial charge in [0.25, 0.3) is 0 Å². The summed E-state index contributed by atoms with van der Waals surface area (Å²) in [5.74, 6) is 0. The number of benzene rings is 3. The lowest BCUT2D eigenvalue weighted by Gasteiger charge is -2.36. The van der Waals surface area contributed by atoms with Gasteiger partial charge in [0.05, 0.1) is 20.4 Å². The van der Waals surface area contributed by atoms with Crippen LogP contribution in [0.3, 0.4) is 0 Å². The Balaban J connectivity index is 1.78. The third-order valence-corrected chi connectivity index (χ3v) is 7.66. The van der Waals surface area contributed by atoms with Gasteiger partial charge in [-0.3, -0.25) is 0 Å². The fourth-order valence-corrected chi connectivity index (χ4v) is 5.80. The zero-order valence-corrected chi connectivity index (χ0v) is 17.8. The molecule has 1 unspecified atom stereocenters. The average Bonchev–Trinajstić information content (AvgIpc) is 3.51. The van der Waals surface area contributed by atoms with Crippen LogP contribution in [0.15, 0.2) is 91.0 Å². The van der Waals surface area contributed by atoms with E-state index < -0.39 is 13.7 Å². The van der Waals surface area contributed by atoms with Crippen LogP contribution in [-0.4, -0.2) is 26.5 Å². The van der Waals surface area contributed by atoms with Crippen LogP contribution in [0.25, 0.3) is 0 Å². The van der Waals surface area contributed by atoms with E-state index >= 15 is 0 Å². The normalized spacial score (nSPS) is 19.4. The van der Waals surface area contributed by atoms with Crippen LogP contribution < -0.4 is 0 Å². The Morgan fingerprint density at radius 3 is 1.43 bits per heavy atom. The summed E-state index contributed by atoms with van der Waals surface area (Å²) in [5, 5.41) is 0. The van der Waals surface area contributed by atoms with Crippen LogP contribution >= 0.6 is 0 Å². The van der Waals surface area contributed by atoms with E-state index in [0.29, 0.717) is 12.3 Å². The molecule has 28 heavy (non-hydrogen) atoms. The van der Waals surface area contributed by atoms with Gasteiger partial charge in [-0.15, -0.1) is 0 Å². The number of epoxide rings is 1. The lowest BCUT2D eigenvalue weighted by atomic mass is 9.80. The quantitative estimate of drug-likeness (QED) is 0.297. The van der Waals surface area contributed by atoms with E-state index in [1.165, 1.54) is 0 Å². The molecule has 3 heteroatoms. The fourth-order valence-electron chi connectivity index (χ4n) is 4.01. The third-order valence-electron chi connectivity index (χ3n) is 5.44. The third kappa shape index (κ3) is 3.70. The van der Waals surface area contributed by atoms with Crippen LogP contribution in [-0.2, 0) is 15.1 Å². The molecule has 0 bridgehead atoms. The standard InChI is InChI=1S/C25H28O2Si/c1-28(2,3)24-23(27-24)19-26-25(20-13-7-4-8-14-20,21-15-9-5-10-16-21)22-17-11-6-12-18-22/h4-18,23-24H,19H2,1-3H3/t23?,24-/m0/s1. The number of hydrogen-bond acceptors (Lipinski definition) is 2. The van der Waals surface area contributed by atoms with Gasteiger partial charge in [0.15, 0.2) is 0 Å². The second kappa shape index (κ2) is 7.67. The molecule has 144 valence electrons. The summed E-state index contributed by atoms with van der Waals surface area (Å²) in [6.07, 6.45) is 0.196. The van der Waals surface area contributed by atoms with Crippen LogP contribution in [0.5, 0.6) is 0 Å². The first-order valence-corrected chi connectivity index (χ1v) is 13.6. The lowest BCUT2D eigenvalue weighted by Crippen LogP contribution is -2.36. The van der Waals surface area contributed by atoms with Crippen molar-refractivity contribution in [3.8, 4) is 0 Å². The first kappa shape index (κ1) is 19.1. The topological polar surface area (TPSA) is 21.8 Å². The van der Waals surface area contributed by atoms with Gasteiger partial charge >= 0.3 is 0 Å². The largest absolute Gasteiger partial charge is 0.371 e. The average molecular weight is 389 g/mol. The molecule has 2 atom stereocenters. The molecule has 0 saturated carbocycles. The molecule has 0 N–H and O–H groups in total.